The molecular formula is C18H35NO7SSi. The number of carbonyl (C=O) groups excluding carboxylic acids is 2. The average Bonchev–Trinajstić information content (AvgIpc) is 2.86. The number of thiol groups is 1. The van der Waals surface area contributed by atoms with E-state index in [1.54, 1.807) is 20.8 Å². The molecule has 10 heteroatoms. The lowest BCUT2D eigenvalue weighted by Gasteiger charge is -2.37. The van der Waals surface area contributed by atoms with E-state index in [0.717, 1.165) is 4.90 Å². The van der Waals surface area contributed by atoms with E-state index in [9.17, 15) is 18.0 Å². The Morgan fingerprint density at radius 2 is 1.79 bits per heavy atom. The number of carbonyl (C=O) groups is 2. The summed E-state index contributed by atoms with van der Waals surface area (Å²) in [7, 11) is -4.86. The summed E-state index contributed by atoms with van der Waals surface area (Å²) >= 11 is 0. The first-order chi connectivity index (χ1) is 12.5. The van der Waals surface area contributed by atoms with Gasteiger partial charge in [0.1, 0.15) is 11.5 Å². The summed E-state index contributed by atoms with van der Waals surface area (Å²) in [6, 6.07) is 0. The van der Waals surface area contributed by atoms with Crippen molar-refractivity contribution in [3.05, 3.63) is 0 Å². The maximum Gasteiger partial charge on any atom is 0.417 e. The summed E-state index contributed by atoms with van der Waals surface area (Å²) in [5.74, 6) is -1.55. The minimum Gasteiger partial charge on any atom is -0.443 e. The predicted octanol–water partition coefficient (Wildman–Crippen LogP) is 2.75. The van der Waals surface area contributed by atoms with E-state index in [-0.39, 0.29) is 18.2 Å². The van der Waals surface area contributed by atoms with Gasteiger partial charge in [-0.05, 0) is 45.3 Å². The highest BCUT2D eigenvalue weighted by Gasteiger charge is 2.44. The smallest absolute Gasteiger partial charge is 0.417 e. The standard InChI is InChI=1S/C18H35NO7SSi/c1-17(2,3)26-16(21)19-10-9-13(15(19)20)14(24-12-27(22)23)11-25-28(7,8)18(4,5)6/h13-14,27H,9-12H2,1-8H3. The Kier molecular flexibility index (Phi) is 8.26. The maximum absolute atomic E-state index is 12.8. The second kappa shape index (κ2) is 9.23. The Morgan fingerprint density at radius 3 is 2.25 bits per heavy atom. The van der Waals surface area contributed by atoms with Gasteiger partial charge in [-0.1, -0.05) is 20.8 Å². The molecule has 2 amide bonds. The van der Waals surface area contributed by atoms with Gasteiger partial charge in [0.05, 0.1) is 18.6 Å². The molecule has 0 aliphatic carbocycles. The van der Waals surface area contributed by atoms with Crippen molar-refractivity contribution >= 4 is 31.0 Å². The normalized spacial score (nSPS) is 20.0. The molecule has 0 saturated carbocycles. The minimum absolute atomic E-state index is 0.0382. The van der Waals surface area contributed by atoms with E-state index in [1.807, 2.05) is 0 Å². The van der Waals surface area contributed by atoms with Gasteiger partial charge in [-0.25, -0.2) is 18.1 Å². The molecular weight excluding hydrogens is 402 g/mol. The van der Waals surface area contributed by atoms with E-state index in [0.29, 0.717) is 6.42 Å². The molecule has 0 bridgehead atoms. The summed E-state index contributed by atoms with van der Waals surface area (Å²) in [4.78, 5) is 26.1. The van der Waals surface area contributed by atoms with Gasteiger partial charge < -0.3 is 13.9 Å². The predicted molar refractivity (Wildman–Crippen MR) is 109 cm³/mol. The van der Waals surface area contributed by atoms with Crippen LogP contribution in [0.25, 0.3) is 0 Å². The van der Waals surface area contributed by atoms with Crippen LogP contribution in [0.5, 0.6) is 0 Å². The number of amides is 2. The zero-order valence-electron chi connectivity index (χ0n) is 18.2. The molecule has 2 atom stereocenters. The van der Waals surface area contributed by atoms with Crippen LogP contribution in [0.2, 0.25) is 18.1 Å². The summed E-state index contributed by atoms with van der Waals surface area (Å²) in [5, 5.41) is -0.0382. The SMILES string of the molecule is CC(C)(C)OC(=O)N1CCC(C(CO[Si](C)(C)C(C)(C)C)OC[SH](=O)=O)C1=O. The molecule has 28 heavy (non-hydrogen) atoms. The molecule has 1 saturated heterocycles. The Morgan fingerprint density at radius 1 is 1.21 bits per heavy atom. The summed E-state index contributed by atoms with van der Waals surface area (Å²) in [6.45, 7) is 15.9. The fourth-order valence-electron chi connectivity index (χ4n) is 2.49. The lowest BCUT2D eigenvalue weighted by molar-refractivity contribution is -0.135. The average molecular weight is 438 g/mol. The van der Waals surface area contributed by atoms with Crippen molar-refractivity contribution in [3.8, 4) is 0 Å². The van der Waals surface area contributed by atoms with Gasteiger partial charge in [0.25, 0.3) is 0 Å². The van der Waals surface area contributed by atoms with Crippen LogP contribution in [0.3, 0.4) is 0 Å². The molecule has 1 rings (SSSR count). The molecule has 0 spiro atoms. The molecule has 1 aliphatic rings. The van der Waals surface area contributed by atoms with Gasteiger partial charge in [-0.3, -0.25) is 4.79 Å². The monoisotopic (exact) mass is 437 g/mol. The third kappa shape index (κ3) is 7.13. The Labute approximate surface area is 171 Å². The lowest BCUT2D eigenvalue weighted by Crippen LogP contribution is -2.46. The third-order valence-corrected chi connectivity index (χ3v) is 9.98. The summed E-state index contributed by atoms with van der Waals surface area (Å²) < 4.78 is 38.9. The van der Waals surface area contributed by atoms with Crippen molar-refractivity contribution in [3.63, 3.8) is 0 Å². The fraction of sp³-hybridized carbons (Fsp3) is 0.889. The van der Waals surface area contributed by atoms with Gasteiger partial charge in [-0.15, -0.1) is 0 Å². The number of hydrogen-bond acceptors (Lipinski definition) is 7. The highest BCUT2D eigenvalue weighted by Crippen LogP contribution is 2.37. The molecule has 2 unspecified atom stereocenters. The molecule has 1 heterocycles. The van der Waals surface area contributed by atoms with Crippen LogP contribution in [0, 0.1) is 5.92 Å². The van der Waals surface area contributed by atoms with Crippen LogP contribution in [-0.2, 0) is 29.4 Å². The first kappa shape index (κ1) is 25.1. The first-order valence-electron chi connectivity index (χ1n) is 9.47. The number of imide groups is 1. The van der Waals surface area contributed by atoms with E-state index in [4.69, 9.17) is 13.9 Å². The van der Waals surface area contributed by atoms with Crippen molar-refractivity contribution in [2.75, 3.05) is 19.1 Å². The molecule has 0 aromatic heterocycles. The number of hydrogen-bond donors (Lipinski definition) is 1. The number of nitrogens with zero attached hydrogens (tertiary/aromatic N) is 1. The first-order valence-corrected chi connectivity index (χ1v) is 13.7. The third-order valence-electron chi connectivity index (χ3n) is 5.12. The zero-order chi connectivity index (χ0) is 21.9. The molecule has 164 valence electrons. The second-order valence-corrected chi connectivity index (χ2v) is 15.3. The van der Waals surface area contributed by atoms with Gasteiger partial charge >= 0.3 is 6.09 Å². The Balaban J connectivity index is 2.90. The van der Waals surface area contributed by atoms with Crippen LogP contribution < -0.4 is 0 Å². The van der Waals surface area contributed by atoms with Crippen LogP contribution in [0.4, 0.5) is 4.79 Å². The quantitative estimate of drug-likeness (QED) is 0.483. The van der Waals surface area contributed by atoms with Crippen molar-refractivity contribution in [1.29, 1.82) is 0 Å². The lowest BCUT2D eigenvalue weighted by atomic mass is 10.0. The highest BCUT2D eigenvalue weighted by molar-refractivity contribution is 7.72. The molecule has 0 aromatic carbocycles. The topological polar surface area (TPSA) is 99.2 Å². The molecule has 0 aromatic rings. The van der Waals surface area contributed by atoms with E-state index in [1.165, 1.54) is 0 Å². The van der Waals surface area contributed by atoms with Gasteiger partial charge in [0.15, 0.2) is 19.0 Å². The fourth-order valence-corrected chi connectivity index (χ4v) is 3.82. The molecule has 1 fully saturated rings. The zero-order valence-corrected chi connectivity index (χ0v) is 20.1. The van der Waals surface area contributed by atoms with Crippen LogP contribution >= 0.6 is 0 Å². The molecule has 8 nitrogen and oxygen atoms in total. The highest BCUT2D eigenvalue weighted by atomic mass is 32.2. The van der Waals surface area contributed by atoms with E-state index in [2.05, 4.69) is 33.9 Å². The number of likely N-dealkylation sites (tertiary alicyclic amines) is 1. The van der Waals surface area contributed by atoms with Crippen molar-refractivity contribution in [2.24, 2.45) is 5.92 Å². The van der Waals surface area contributed by atoms with E-state index >= 15 is 0 Å². The largest absolute Gasteiger partial charge is 0.443 e. The number of ether oxygens (including phenoxy) is 2. The molecule has 0 radical (unpaired) electrons. The summed E-state index contributed by atoms with van der Waals surface area (Å²) in [6.07, 6.45) is -1.06. The van der Waals surface area contributed by atoms with Crippen LogP contribution in [0.15, 0.2) is 0 Å². The van der Waals surface area contributed by atoms with Crippen LogP contribution in [-0.4, -0.2) is 64.4 Å². The maximum atomic E-state index is 12.8. The van der Waals surface area contributed by atoms with Gasteiger partial charge in [0, 0.05) is 6.54 Å². The minimum atomic E-state index is -2.75. The van der Waals surface area contributed by atoms with Crippen LogP contribution in [0.1, 0.15) is 48.0 Å². The van der Waals surface area contributed by atoms with Gasteiger partial charge in [0.2, 0.25) is 5.91 Å². The van der Waals surface area contributed by atoms with Crippen molar-refractivity contribution < 1.29 is 31.9 Å². The Hall–Kier alpha value is -0.973. The molecule has 0 N–H and O–H groups in total. The Bertz CT molecular complexity index is 641. The molecule has 1 aliphatic heterocycles. The van der Waals surface area contributed by atoms with Crippen molar-refractivity contribution in [2.45, 2.75) is 77.8 Å². The number of rotatable bonds is 7. The second-order valence-electron chi connectivity index (χ2n) is 9.60. The van der Waals surface area contributed by atoms with Crippen molar-refractivity contribution in [1.82, 2.24) is 4.90 Å². The van der Waals surface area contributed by atoms with E-state index < -0.39 is 54.6 Å². The van der Waals surface area contributed by atoms with Gasteiger partial charge in [-0.2, -0.15) is 0 Å². The summed E-state index contributed by atoms with van der Waals surface area (Å²) in [5.41, 5.74) is -0.711.